The van der Waals surface area contributed by atoms with Gasteiger partial charge in [0.1, 0.15) is 5.75 Å². The molecule has 1 aliphatic carbocycles. The topological polar surface area (TPSA) is 35.2 Å². The Bertz CT molecular complexity index is 483. The van der Waals surface area contributed by atoms with Gasteiger partial charge in [-0.2, -0.15) is 0 Å². The number of hydrogen-bond acceptors (Lipinski definition) is 2. The first-order chi connectivity index (χ1) is 8.85. The lowest BCUT2D eigenvalue weighted by atomic mass is 9.80. The van der Waals surface area contributed by atoms with Gasteiger partial charge >= 0.3 is 0 Å². The average Bonchev–Trinajstić information content (AvgIpc) is 2.35. The Labute approximate surface area is 117 Å². The molecular weight excluding hydrogens is 234 g/mol. The van der Waals surface area contributed by atoms with Gasteiger partial charge in [0, 0.05) is 5.54 Å². The number of methoxy groups -OCH3 is 1. The zero-order chi connectivity index (χ0) is 14.2. The van der Waals surface area contributed by atoms with Gasteiger partial charge in [0.15, 0.2) is 0 Å². The average molecular weight is 261 g/mol. The number of hydrogen-bond donors (Lipinski definition) is 1. The molecule has 0 radical (unpaired) electrons. The maximum atomic E-state index is 6.23. The summed E-state index contributed by atoms with van der Waals surface area (Å²) in [5.41, 5.74) is 13.2. The zero-order valence-electron chi connectivity index (χ0n) is 13.0. The van der Waals surface area contributed by atoms with E-state index in [1.54, 1.807) is 12.7 Å². The summed E-state index contributed by atoms with van der Waals surface area (Å²) in [6, 6.07) is 0. The van der Waals surface area contributed by atoms with E-state index in [-0.39, 0.29) is 5.54 Å². The van der Waals surface area contributed by atoms with E-state index in [0.717, 1.165) is 12.2 Å². The van der Waals surface area contributed by atoms with Crippen molar-refractivity contribution in [2.45, 2.75) is 65.3 Å². The molecule has 0 heterocycles. The molecule has 0 saturated carbocycles. The van der Waals surface area contributed by atoms with E-state index in [0.29, 0.717) is 0 Å². The molecule has 1 aromatic rings. The standard InChI is InChI=1S/C17H27NO/c1-11-13-8-6-7-9-14(13)12(2)16(19-5)15(11)10-17(3,4)18/h6-10,18H2,1-5H3. The Morgan fingerprint density at radius 3 is 2.05 bits per heavy atom. The van der Waals surface area contributed by atoms with E-state index in [9.17, 15) is 0 Å². The quantitative estimate of drug-likeness (QED) is 0.904. The normalized spacial score (nSPS) is 15.3. The van der Waals surface area contributed by atoms with Gasteiger partial charge in [-0.3, -0.25) is 0 Å². The van der Waals surface area contributed by atoms with Crippen molar-refractivity contribution in [1.29, 1.82) is 0 Å². The molecule has 106 valence electrons. The fraction of sp³-hybridized carbons (Fsp3) is 0.647. The van der Waals surface area contributed by atoms with Crippen LogP contribution in [0.5, 0.6) is 5.75 Å². The van der Waals surface area contributed by atoms with Crippen LogP contribution in [0.15, 0.2) is 0 Å². The van der Waals surface area contributed by atoms with Crippen LogP contribution in [0.3, 0.4) is 0 Å². The number of ether oxygens (including phenoxy) is 1. The van der Waals surface area contributed by atoms with Crippen LogP contribution in [0.4, 0.5) is 0 Å². The van der Waals surface area contributed by atoms with Crippen molar-refractivity contribution in [3.8, 4) is 5.75 Å². The second kappa shape index (κ2) is 5.16. The lowest BCUT2D eigenvalue weighted by Gasteiger charge is -2.28. The fourth-order valence-corrected chi connectivity index (χ4v) is 3.39. The molecule has 2 N–H and O–H groups in total. The van der Waals surface area contributed by atoms with Gasteiger partial charge < -0.3 is 10.5 Å². The number of benzene rings is 1. The summed E-state index contributed by atoms with van der Waals surface area (Å²) < 4.78 is 5.71. The van der Waals surface area contributed by atoms with Crippen molar-refractivity contribution in [1.82, 2.24) is 0 Å². The summed E-state index contributed by atoms with van der Waals surface area (Å²) in [4.78, 5) is 0. The summed E-state index contributed by atoms with van der Waals surface area (Å²) in [6.07, 6.45) is 5.90. The summed E-state index contributed by atoms with van der Waals surface area (Å²) in [6.45, 7) is 8.62. The molecule has 2 nitrogen and oxygen atoms in total. The van der Waals surface area contributed by atoms with Gasteiger partial charge in [-0.25, -0.2) is 0 Å². The van der Waals surface area contributed by atoms with E-state index >= 15 is 0 Å². The maximum Gasteiger partial charge on any atom is 0.125 e. The van der Waals surface area contributed by atoms with Crippen molar-refractivity contribution in [3.63, 3.8) is 0 Å². The highest BCUT2D eigenvalue weighted by molar-refractivity contribution is 5.56. The summed E-state index contributed by atoms with van der Waals surface area (Å²) in [7, 11) is 1.78. The Kier molecular flexibility index (Phi) is 3.91. The van der Waals surface area contributed by atoms with Crippen LogP contribution >= 0.6 is 0 Å². The van der Waals surface area contributed by atoms with Crippen molar-refractivity contribution < 1.29 is 4.74 Å². The smallest absolute Gasteiger partial charge is 0.125 e. The molecule has 0 atom stereocenters. The van der Waals surface area contributed by atoms with Gasteiger partial charge in [0.2, 0.25) is 0 Å². The Morgan fingerprint density at radius 2 is 1.58 bits per heavy atom. The third kappa shape index (κ3) is 2.79. The third-order valence-corrected chi connectivity index (χ3v) is 4.28. The van der Waals surface area contributed by atoms with Crippen molar-refractivity contribution >= 4 is 0 Å². The Hall–Kier alpha value is -1.02. The van der Waals surface area contributed by atoms with E-state index in [1.807, 2.05) is 0 Å². The van der Waals surface area contributed by atoms with Gasteiger partial charge in [-0.1, -0.05) is 0 Å². The van der Waals surface area contributed by atoms with E-state index in [2.05, 4.69) is 27.7 Å². The zero-order valence-corrected chi connectivity index (χ0v) is 13.0. The first kappa shape index (κ1) is 14.4. The highest BCUT2D eigenvalue weighted by Gasteiger charge is 2.24. The van der Waals surface area contributed by atoms with Gasteiger partial charge in [-0.15, -0.1) is 0 Å². The lowest BCUT2D eigenvalue weighted by Crippen LogP contribution is -2.35. The Morgan fingerprint density at radius 1 is 1.05 bits per heavy atom. The van der Waals surface area contributed by atoms with Crippen LogP contribution in [0.2, 0.25) is 0 Å². The molecule has 0 saturated heterocycles. The largest absolute Gasteiger partial charge is 0.496 e. The SMILES string of the molecule is COc1c(C)c2c(c(C)c1CC(C)(C)N)CCCC2. The minimum Gasteiger partial charge on any atom is -0.496 e. The van der Waals surface area contributed by atoms with Crippen LogP contribution in [0.1, 0.15) is 54.5 Å². The van der Waals surface area contributed by atoms with Crippen LogP contribution in [0, 0.1) is 13.8 Å². The van der Waals surface area contributed by atoms with Gasteiger partial charge in [-0.05, 0) is 87.6 Å². The molecule has 0 aliphatic heterocycles. The molecule has 1 aliphatic rings. The third-order valence-electron chi connectivity index (χ3n) is 4.28. The number of rotatable bonds is 3. The van der Waals surface area contributed by atoms with Crippen LogP contribution in [0.25, 0.3) is 0 Å². The molecule has 0 aromatic heterocycles. The van der Waals surface area contributed by atoms with Crippen molar-refractivity contribution in [3.05, 3.63) is 27.8 Å². The summed E-state index contributed by atoms with van der Waals surface area (Å²) in [5.74, 6) is 1.07. The second-order valence-electron chi connectivity index (χ2n) is 6.59. The first-order valence-electron chi connectivity index (χ1n) is 7.32. The molecule has 0 bridgehead atoms. The maximum absolute atomic E-state index is 6.23. The highest BCUT2D eigenvalue weighted by atomic mass is 16.5. The van der Waals surface area contributed by atoms with Gasteiger partial charge in [0.05, 0.1) is 7.11 Å². The molecule has 0 amide bonds. The predicted octanol–water partition coefficient (Wildman–Crippen LogP) is 3.47. The van der Waals surface area contributed by atoms with E-state index < -0.39 is 0 Å². The molecule has 0 spiro atoms. The Balaban J connectivity index is 2.61. The molecule has 1 aromatic carbocycles. The minimum atomic E-state index is -0.201. The van der Waals surface area contributed by atoms with Crippen LogP contribution < -0.4 is 10.5 Å². The molecule has 0 unspecified atom stereocenters. The van der Waals surface area contributed by atoms with Crippen molar-refractivity contribution in [2.75, 3.05) is 7.11 Å². The second-order valence-corrected chi connectivity index (χ2v) is 6.59. The monoisotopic (exact) mass is 261 g/mol. The summed E-state index contributed by atoms with van der Waals surface area (Å²) in [5, 5.41) is 0. The van der Waals surface area contributed by atoms with Crippen LogP contribution in [-0.2, 0) is 19.3 Å². The first-order valence-corrected chi connectivity index (χ1v) is 7.32. The highest BCUT2D eigenvalue weighted by Crippen LogP contribution is 2.38. The van der Waals surface area contributed by atoms with E-state index in [1.165, 1.54) is 47.9 Å². The lowest BCUT2D eigenvalue weighted by molar-refractivity contribution is 0.397. The minimum absolute atomic E-state index is 0.201. The molecule has 0 fully saturated rings. The summed E-state index contributed by atoms with van der Waals surface area (Å²) >= 11 is 0. The number of nitrogens with two attached hydrogens (primary N) is 1. The molecular formula is C17H27NO. The molecule has 2 rings (SSSR count). The van der Waals surface area contributed by atoms with E-state index in [4.69, 9.17) is 10.5 Å². The molecule has 19 heavy (non-hydrogen) atoms. The van der Waals surface area contributed by atoms with Crippen LogP contribution in [-0.4, -0.2) is 12.6 Å². The molecule has 2 heteroatoms. The number of fused-ring (bicyclic) bond motifs is 1. The van der Waals surface area contributed by atoms with Crippen molar-refractivity contribution in [2.24, 2.45) is 5.73 Å². The predicted molar refractivity (Wildman–Crippen MR) is 81.1 cm³/mol. The van der Waals surface area contributed by atoms with Gasteiger partial charge in [0.25, 0.3) is 0 Å². The fourth-order valence-electron chi connectivity index (χ4n) is 3.39.